The first-order valence-electron chi connectivity index (χ1n) is 7.09. The maximum atomic E-state index is 13.0. The van der Waals surface area contributed by atoms with Gasteiger partial charge >= 0.3 is 6.18 Å². The van der Waals surface area contributed by atoms with Gasteiger partial charge in [0.15, 0.2) is 6.10 Å². The van der Waals surface area contributed by atoms with Gasteiger partial charge < -0.3 is 5.11 Å². The minimum Gasteiger partial charge on any atom is -0.379 e. The number of halogens is 3. The highest BCUT2D eigenvalue weighted by Gasteiger charge is 2.44. The van der Waals surface area contributed by atoms with Gasteiger partial charge in [0.1, 0.15) is 0 Å². The standard InChI is InChI=1S/C17H19F3O/c1-2-3-4-8-13-11-10-12-7-5-6-9-14(12)15(13)16(21)17(18,19)20/h2-4,6,8-9,12,16,21H,1,5,7,10-11H2/b4-3-,13-8+/t12-,16+/m1/s1. The molecule has 0 radical (unpaired) electrons. The van der Waals surface area contributed by atoms with Gasteiger partial charge in [-0.05, 0) is 48.3 Å². The van der Waals surface area contributed by atoms with Gasteiger partial charge in [-0.25, -0.2) is 0 Å². The van der Waals surface area contributed by atoms with Gasteiger partial charge in [0.2, 0.25) is 0 Å². The lowest BCUT2D eigenvalue weighted by Gasteiger charge is -2.33. The van der Waals surface area contributed by atoms with Crippen molar-refractivity contribution in [1.29, 1.82) is 0 Å². The first-order valence-corrected chi connectivity index (χ1v) is 7.09. The summed E-state index contributed by atoms with van der Waals surface area (Å²) in [6.45, 7) is 3.53. The van der Waals surface area contributed by atoms with Crippen LogP contribution < -0.4 is 0 Å². The molecule has 2 aliphatic rings. The number of alkyl halides is 3. The van der Waals surface area contributed by atoms with Crippen LogP contribution in [0.15, 0.2) is 59.8 Å². The van der Waals surface area contributed by atoms with E-state index in [4.69, 9.17) is 0 Å². The van der Waals surface area contributed by atoms with Crippen LogP contribution in [0.25, 0.3) is 0 Å². The van der Waals surface area contributed by atoms with Crippen molar-refractivity contribution in [3.8, 4) is 0 Å². The monoisotopic (exact) mass is 296 g/mol. The molecule has 1 N–H and O–H groups in total. The van der Waals surface area contributed by atoms with E-state index in [1.807, 2.05) is 6.08 Å². The number of fused-ring (bicyclic) bond motifs is 1. The molecule has 0 spiro atoms. The lowest BCUT2D eigenvalue weighted by atomic mass is 9.73. The highest BCUT2D eigenvalue weighted by atomic mass is 19.4. The molecule has 0 bridgehead atoms. The molecular weight excluding hydrogens is 277 g/mol. The Hall–Kier alpha value is -1.55. The summed E-state index contributed by atoms with van der Waals surface area (Å²) in [6, 6.07) is 0. The summed E-state index contributed by atoms with van der Waals surface area (Å²) in [4.78, 5) is 0. The van der Waals surface area contributed by atoms with E-state index in [1.165, 1.54) is 0 Å². The van der Waals surface area contributed by atoms with Crippen LogP contribution in [0.3, 0.4) is 0 Å². The van der Waals surface area contributed by atoms with E-state index in [9.17, 15) is 18.3 Å². The molecule has 0 amide bonds. The molecule has 2 aliphatic carbocycles. The fourth-order valence-corrected chi connectivity index (χ4v) is 2.98. The molecule has 0 aliphatic heterocycles. The Morgan fingerprint density at radius 3 is 2.71 bits per heavy atom. The Morgan fingerprint density at radius 2 is 2.05 bits per heavy atom. The van der Waals surface area contributed by atoms with Crippen molar-refractivity contribution < 1.29 is 18.3 Å². The summed E-state index contributed by atoms with van der Waals surface area (Å²) in [5.41, 5.74) is 1.26. The zero-order chi connectivity index (χ0) is 15.5. The maximum Gasteiger partial charge on any atom is 0.418 e. The molecule has 0 saturated carbocycles. The largest absolute Gasteiger partial charge is 0.418 e. The number of aliphatic hydroxyl groups excluding tert-OH is 1. The zero-order valence-corrected chi connectivity index (χ0v) is 11.7. The Bertz CT molecular complexity index is 521. The van der Waals surface area contributed by atoms with Gasteiger partial charge in [0.05, 0.1) is 0 Å². The summed E-state index contributed by atoms with van der Waals surface area (Å²) in [5, 5.41) is 9.77. The van der Waals surface area contributed by atoms with Gasteiger partial charge in [0.25, 0.3) is 0 Å². The molecule has 21 heavy (non-hydrogen) atoms. The van der Waals surface area contributed by atoms with Crippen molar-refractivity contribution >= 4 is 0 Å². The number of allylic oxidation sites excluding steroid dienone is 7. The molecule has 4 heteroatoms. The van der Waals surface area contributed by atoms with Crippen molar-refractivity contribution in [3.63, 3.8) is 0 Å². The van der Waals surface area contributed by atoms with Crippen molar-refractivity contribution in [3.05, 3.63) is 59.8 Å². The summed E-state index contributed by atoms with van der Waals surface area (Å²) < 4.78 is 39.0. The maximum absolute atomic E-state index is 13.0. The highest BCUT2D eigenvalue weighted by Crippen LogP contribution is 2.43. The van der Waals surface area contributed by atoms with Crippen LogP contribution in [0, 0.1) is 5.92 Å². The Kier molecular flexibility index (Phi) is 4.88. The third kappa shape index (κ3) is 3.56. The molecule has 0 fully saturated rings. The molecule has 0 saturated heterocycles. The van der Waals surface area contributed by atoms with E-state index >= 15 is 0 Å². The average molecular weight is 296 g/mol. The minimum atomic E-state index is -4.64. The Labute approximate surface area is 122 Å². The van der Waals surface area contributed by atoms with E-state index < -0.39 is 12.3 Å². The first-order chi connectivity index (χ1) is 9.95. The predicted octanol–water partition coefficient (Wildman–Crippen LogP) is 4.63. The van der Waals surface area contributed by atoms with Crippen molar-refractivity contribution in [2.45, 2.75) is 38.0 Å². The quantitative estimate of drug-likeness (QED) is 0.753. The predicted molar refractivity (Wildman–Crippen MR) is 77.6 cm³/mol. The van der Waals surface area contributed by atoms with Crippen LogP contribution in [0.2, 0.25) is 0 Å². The molecule has 114 valence electrons. The van der Waals surface area contributed by atoms with E-state index in [0.29, 0.717) is 17.6 Å². The van der Waals surface area contributed by atoms with Gasteiger partial charge in [-0.1, -0.05) is 43.0 Å². The normalized spacial score (nSPS) is 26.3. The molecular formula is C17H19F3O. The lowest BCUT2D eigenvalue weighted by molar-refractivity contribution is -0.191. The van der Waals surface area contributed by atoms with Crippen LogP contribution in [0.1, 0.15) is 25.7 Å². The second-order valence-corrected chi connectivity index (χ2v) is 5.34. The molecule has 1 nitrogen and oxygen atoms in total. The first kappa shape index (κ1) is 15.8. The topological polar surface area (TPSA) is 20.2 Å². The number of rotatable bonds is 3. The molecule has 2 rings (SSSR count). The molecule has 0 aromatic heterocycles. The van der Waals surface area contributed by atoms with Crippen molar-refractivity contribution in [1.82, 2.24) is 0 Å². The molecule has 2 atom stereocenters. The minimum absolute atomic E-state index is 0.0448. The second-order valence-electron chi connectivity index (χ2n) is 5.34. The fourth-order valence-electron chi connectivity index (χ4n) is 2.98. The number of hydrogen-bond donors (Lipinski definition) is 1. The van der Waals surface area contributed by atoms with Crippen LogP contribution in [0.5, 0.6) is 0 Å². The Morgan fingerprint density at radius 1 is 1.29 bits per heavy atom. The molecule has 0 unspecified atom stereocenters. The lowest BCUT2D eigenvalue weighted by Crippen LogP contribution is -2.34. The summed E-state index contributed by atoms with van der Waals surface area (Å²) in [7, 11) is 0. The van der Waals surface area contributed by atoms with Crippen LogP contribution >= 0.6 is 0 Å². The van der Waals surface area contributed by atoms with Crippen LogP contribution in [-0.2, 0) is 0 Å². The summed E-state index contributed by atoms with van der Waals surface area (Å²) >= 11 is 0. The number of hydrogen-bond acceptors (Lipinski definition) is 1. The van der Waals surface area contributed by atoms with Crippen LogP contribution in [0.4, 0.5) is 13.2 Å². The smallest absolute Gasteiger partial charge is 0.379 e. The zero-order valence-electron chi connectivity index (χ0n) is 11.7. The van der Waals surface area contributed by atoms with E-state index in [-0.39, 0.29) is 11.5 Å². The summed E-state index contributed by atoms with van der Waals surface area (Å²) in [6.07, 6.45) is 6.27. The van der Waals surface area contributed by atoms with E-state index in [1.54, 1.807) is 30.4 Å². The third-order valence-electron chi connectivity index (χ3n) is 3.97. The van der Waals surface area contributed by atoms with E-state index in [0.717, 1.165) is 19.3 Å². The third-order valence-corrected chi connectivity index (χ3v) is 3.97. The molecule has 0 heterocycles. The van der Waals surface area contributed by atoms with Crippen molar-refractivity contribution in [2.75, 3.05) is 0 Å². The SMILES string of the molecule is C=C/C=C\C=C1/CC[C@H]2CCC=CC2=C1[C@H](O)C(F)(F)F. The van der Waals surface area contributed by atoms with Gasteiger partial charge in [-0.15, -0.1) is 0 Å². The van der Waals surface area contributed by atoms with Crippen molar-refractivity contribution in [2.24, 2.45) is 5.92 Å². The van der Waals surface area contributed by atoms with E-state index in [2.05, 4.69) is 6.58 Å². The average Bonchev–Trinajstić information content (AvgIpc) is 2.45. The highest BCUT2D eigenvalue weighted by molar-refractivity contribution is 5.49. The Balaban J connectivity index is 2.49. The number of aliphatic hydroxyl groups is 1. The van der Waals surface area contributed by atoms with Gasteiger partial charge in [-0.3, -0.25) is 0 Å². The summed E-state index contributed by atoms with van der Waals surface area (Å²) in [5.74, 6) is 0.127. The van der Waals surface area contributed by atoms with Gasteiger partial charge in [-0.2, -0.15) is 13.2 Å². The second kappa shape index (κ2) is 6.48. The molecule has 0 aromatic carbocycles. The fraction of sp³-hybridized carbons (Fsp3) is 0.412. The molecule has 0 aromatic rings. The van der Waals surface area contributed by atoms with Gasteiger partial charge in [0, 0.05) is 0 Å². The van der Waals surface area contributed by atoms with Crippen LogP contribution in [-0.4, -0.2) is 17.4 Å².